The largest absolute Gasteiger partial charge is 0.496 e. The molecular weight excluding hydrogens is 235 g/mol. The highest BCUT2D eigenvalue weighted by atomic mass is 35.5. The van der Waals surface area contributed by atoms with Gasteiger partial charge in [-0.15, -0.1) is 11.6 Å². The monoisotopic (exact) mass is 246 g/mol. The van der Waals surface area contributed by atoms with Gasteiger partial charge in [-0.05, 0) is 19.1 Å². The summed E-state index contributed by atoms with van der Waals surface area (Å²) in [4.78, 5) is 11.5. The molecule has 0 heterocycles. The fourth-order valence-corrected chi connectivity index (χ4v) is 1.44. The van der Waals surface area contributed by atoms with Crippen LogP contribution in [0.25, 0.3) is 0 Å². The number of hydrogen-bond donors (Lipinski definition) is 0. The molecule has 0 aliphatic carbocycles. The van der Waals surface area contributed by atoms with E-state index in [4.69, 9.17) is 21.1 Å². The summed E-state index contributed by atoms with van der Waals surface area (Å²) < 4.78 is 23.2. The molecule has 1 aromatic rings. The fraction of sp³-hybridized carbons (Fsp3) is 0.364. The van der Waals surface area contributed by atoms with Gasteiger partial charge in [0, 0.05) is 5.56 Å². The van der Waals surface area contributed by atoms with Crippen molar-refractivity contribution in [2.24, 2.45) is 0 Å². The van der Waals surface area contributed by atoms with E-state index in [1.807, 2.05) is 0 Å². The number of methoxy groups -OCH3 is 1. The lowest BCUT2D eigenvalue weighted by molar-refractivity contribution is 0.0522. The van der Waals surface area contributed by atoms with Crippen molar-refractivity contribution in [1.29, 1.82) is 0 Å². The highest BCUT2D eigenvalue weighted by Crippen LogP contribution is 2.24. The van der Waals surface area contributed by atoms with E-state index in [1.54, 1.807) is 6.92 Å². The molecule has 0 aliphatic rings. The van der Waals surface area contributed by atoms with Crippen LogP contribution in [0.5, 0.6) is 5.75 Å². The van der Waals surface area contributed by atoms with E-state index in [2.05, 4.69) is 0 Å². The van der Waals surface area contributed by atoms with E-state index in [-0.39, 0.29) is 29.4 Å². The summed E-state index contributed by atoms with van der Waals surface area (Å²) in [5, 5.41) is 0. The first-order valence-electron chi connectivity index (χ1n) is 4.73. The Labute approximate surface area is 98.1 Å². The average molecular weight is 247 g/mol. The van der Waals surface area contributed by atoms with E-state index < -0.39 is 11.8 Å². The molecule has 0 fully saturated rings. The molecule has 0 radical (unpaired) electrons. The Morgan fingerprint density at radius 1 is 1.50 bits per heavy atom. The molecule has 1 aromatic carbocycles. The van der Waals surface area contributed by atoms with Crippen molar-refractivity contribution in [3.63, 3.8) is 0 Å². The summed E-state index contributed by atoms with van der Waals surface area (Å²) in [5.41, 5.74) is 0.349. The van der Waals surface area contributed by atoms with Crippen LogP contribution in [0.2, 0.25) is 0 Å². The van der Waals surface area contributed by atoms with Crippen LogP contribution in [-0.2, 0) is 10.6 Å². The highest BCUT2D eigenvalue weighted by molar-refractivity contribution is 6.17. The molecule has 0 atom stereocenters. The van der Waals surface area contributed by atoms with E-state index in [1.165, 1.54) is 13.2 Å². The molecule has 3 nitrogen and oxygen atoms in total. The molecule has 0 N–H and O–H groups in total. The van der Waals surface area contributed by atoms with E-state index in [0.29, 0.717) is 0 Å². The van der Waals surface area contributed by atoms with Gasteiger partial charge in [0.2, 0.25) is 0 Å². The smallest absolute Gasteiger partial charge is 0.342 e. The lowest BCUT2D eigenvalue weighted by Crippen LogP contribution is -2.08. The number of esters is 1. The molecule has 0 saturated heterocycles. The van der Waals surface area contributed by atoms with E-state index >= 15 is 0 Å². The predicted octanol–water partition coefficient (Wildman–Crippen LogP) is 2.75. The van der Waals surface area contributed by atoms with Gasteiger partial charge < -0.3 is 9.47 Å². The number of hydrogen-bond acceptors (Lipinski definition) is 3. The van der Waals surface area contributed by atoms with Crippen LogP contribution in [0.3, 0.4) is 0 Å². The number of benzene rings is 1. The molecule has 0 unspecified atom stereocenters. The maximum Gasteiger partial charge on any atom is 0.342 e. The SMILES string of the molecule is CCOC(=O)c1cc(F)c(CCl)cc1OC. The zero-order valence-electron chi connectivity index (χ0n) is 9.05. The van der Waals surface area contributed by atoms with E-state index in [0.717, 1.165) is 6.07 Å². The predicted molar refractivity (Wildman–Crippen MR) is 58.5 cm³/mol. The van der Waals surface area contributed by atoms with Gasteiger partial charge in [-0.2, -0.15) is 0 Å². The summed E-state index contributed by atoms with van der Waals surface area (Å²) in [6.45, 7) is 1.90. The Morgan fingerprint density at radius 3 is 2.69 bits per heavy atom. The lowest BCUT2D eigenvalue weighted by atomic mass is 10.1. The number of alkyl halides is 1. The van der Waals surface area contributed by atoms with Crippen LogP contribution in [0, 0.1) is 5.82 Å². The zero-order valence-corrected chi connectivity index (χ0v) is 9.81. The average Bonchev–Trinajstić information content (AvgIpc) is 2.29. The van der Waals surface area contributed by atoms with Crippen molar-refractivity contribution < 1.29 is 18.7 Å². The van der Waals surface area contributed by atoms with Gasteiger partial charge in [0.25, 0.3) is 0 Å². The zero-order chi connectivity index (χ0) is 12.1. The summed E-state index contributed by atoms with van der Waals surface area (Å²) in [6.07, 6.45) is 0. The van der Waals surface area contributed by atoms with E-state index in [9.17, 15) is 9.18 Å². The lowest BCUT2D eigenvalue weighted by Gasteiger charge is -2.09. The van der Waals surface area contributed by atoms with Crippen LogP contribution >= 0.6 is 11.6 Å². The third-order valence-corrected chi connectivity index (χ3v) is 2.30. The molecule has 88 valence electrons. The minimum atomic E-state index is -0.612. The first kappa shape index (κ1) is 12.8. The first-order chi connectivity index (χ1) is 7.63. The second-order valence-corrected chi connectivity index (χ2v) is 3.27. The Morgan fingerprint density at radius 2 is 2.19 bits per heavy atom. The second-order valence-electron chi connectivity index (χ2n) is 3.00. The standard InChI is InChI=1S/C11H12ClFO3/c1-3-16-11(14)8-5-9(13)7(6-12)4-10(8)15-2/h4-5H,3,6H2,1-2H3. The quantitative estimate of drug-likeness (QED) is 0.605. The number of ether oxygens (including phenoxy) is 2. The Balaban J connectivity index is 3.17. The van der Waals surface area contributed by atoms with Gasteiger partial charge in [0.15, 0.2) is 0 Å². The minimum absolute atomic E-state index is 0.0191. The van der Waals surface area contributed by atoms with Gasteiger partial charge >= 0.3 is 5.97 Å². The normalized spacial score (nSPS) is 10.0. The summed E-state index contributed by atoms with van der Waals surface area (Å²) in [7, 11) is 1.40. The molecule has 0 bridgehead atoms. The van der Waals surface area contributed by atoms with Gasteiger partial charge in [-0.1, -0.05) is 0 Å². The third kappa shape index (κ3) is 2.64. The molecule has 0 aliphatic heterocycles. The topological polar surface area (TPSA) is 35.5 Å². The molecule has 0 saturated carbocycles. The van der Waals surface area contributed by atoms with Gasteiger partial charge in [0.05, 0.1) is 19.6 Å². The van der Waals surface area contributed by atoms with Gasteiger partial charge in [-0.25, -0.2) is 9.18 Å². The fourth-order valence-electron chi connectivity index (χ4n) is 1.24. The van der Waals surface area contributed by atoms with Gasteiger partial charge in [-0.3, -0.25) is 0 Å². The number of carbonyl (C=O) groups is 1. The van der Waals surface area contributed by atoms with Crippen LogP contribution in [-0.4, -0.2) is 19.7 Å². The second kappa shape index (κ2) is 5.70. The Bertz CT molecular complexity index is 393. The number of rotatable bonds is 4. The van der Waals surface area contributed by atoms with Crippen LogP contribution in [0.1, 0.15) is 22.8 Å². The molecular formula is C11H12ClFO3. The molecule has 16 heavy (non-hydrogen) atoms. The van der Waals surface area contributed by atoms with Crippen molar-refractivity contribution in [2.75, 3.05) is 13.7 Å². The van der Waals surface area contributed by atoms with Crippen molar-refractivity contribution in [3.8, 4) is 5.75 Å². The summed E-state index contributed by atoms with van der Waals surface area (Å²) in [5.74, 6) is -0.876. The van der Waals surface area contributed by atoms with Crippen molar-refractivity contribution in [2.45, 2.75) is 12.8 Å². The Kier molecular flexibility index (Phi) is 4.55. The summed E-state index contributed by atoms with van der Waals surface area (Å²) in [6, 6.07) is 2.48. The number of halogens is 2. The molecule has 0 amide bonds. The molecule has 1 rings (SSSR count). The molecule has 0 spiro atoms. The number of carbonyl (C=O) groups excluding carboxylic acids is 1. The molecule has 5 heteroatoms. The third-order valence-electron chi connectivity index (χ3n) is 2.01. The van der Waals surface area contributed by atoms with Crippen LogP contribution < -0.4 is 4.74 Å². The van der Waals surface area contributed by atoms with Crippen molar-refractivity contribution >= 4 is 17.6 Å². The summed E-state index contributed by atoms with van der Waals surface area (Å²) >= 11 is 5.54. The van der Waals surface area contributed by atoms with Crippen molar-refractivity contribution in [3.05, 3.63) is 29.1 Å². The first-order valence-corrected chi connectivity index (χ1v) is 5.27. The van der Waals surface area contributed by atoms with Crippen LogP contribution in [0.4, 0.5) is 4.39 Å². The molecule has 0 aromatic heterocycles. The Hall–Kier alpha value is -1.29. The van der Waals surface area contributed by atoms with Gasteiger partial charge in [0.1, 0.15) is 17.1 Å². The maximum absolute atomic E-state index is 13.4. The minimum Gasteiger partial charge on any atom is -0.496 e. The van der Waals surface area contributed by atoms with Crippen LogP contribution in [0.15, 0.2) is 12.1 Å². The van der Waals surface area contributed by atoms with Crippen molar-refractivity contribution in [1.82, 2.24) is 0 Å². The maximum atomic E-state index is 13.4. The highest BCUT2D eigenvalue weighted by Gasteiger charge is 2.17.